The molecule has 0 aliphatic carbocycles. The molecule has 1 aromatic carbocycles. The highest BCUT2D eigenvalue weighted by Crippen LogP contribution is 2.10. The molecular weight excluding hydrogens is 330 g/mol. The molecular formula is C16H21N3O6. The minimum Gasteiger partial charge on any atom is -0.482 e. The molecule has 0 heterocycles. The largest absolute Gasteiger partial charge is 0.482 e. The van der Waals surface area contributed by atoms with Gasteiger partial charge in [-0.2, -0.15) is 5.10 Å². The van der Waals surface area contributed by atoms with Crippen LogP contribution in [0.5, 0.6) is 5.75 Å². The molecule has 1 aromatic rings. The molecule has 0 spiro atoms. The zero-order valence-corrected chi connectivity index (χ0v) is 14.1. The van der Waals surface area contributed by atoms with Crippen LogP contribution < -0.4 is 15.5 Å². The Morgan fingerprint density at radius 1 is 1.12 bits per heavy atom. The monoisotopic (exact) mass is 351 g/mol. The lowest BCUT2D eigenvalue weighted by molar-refractivity contribution is -0.143. The van der Waals surface area contributed by atoms with Gasteiger partial charge in [-0.05, 0) is 29.8 Å². The molecule has 0 saturated heterocycles. The molecule has 0 aromatic heterocycles. The van der Waals surface area contributed by atoms with Crippen molar-refractivity contribution in [1.82, 2.24) is 10.7 Å². The van der Waals surface area contributed by atoms with E-state index in [1.165, 1.54) is 20.4 Å². The Labute approximate surface area is 145 Å². The molecule has 0 saturated carbocycles. The van der Waals surface area contributed by atoms with Crippen LogP contribution in [0.4, 0.5) is 0 Å². The fourth-order valence-electron chi connectivity index (χ4n) is 1.57. The van der Waals surface area contributed by atoms with E-state index >= 15 is 0 Å². The predicted molar refractivity (Wildman–Crippen MR) is 89.2 cm³/mol. The van der Waals surface area contributed by atoms with Crippen LogP contribution in [-0.2, 0) is 23.9 Å². The molecule has 0 atom stereocenters. The Balaban J connectivity index is 2.34. The van der Waals surface area contributed by atoms with Crippen LogP contribution in [0.2, 0.25) is 0 Å². The second kappa shape index (κ2) is 11.6. The smallest absolute Gasteiger partial charge is 0.343 e. The van der Waals surface area contributed by atoms with Gasteiger partial charge in [-0.25, -0.2) is 10.2 Å². The Morgan fingerprint density at radius 2 is 1.84 bits per heavy atom. The van der Waals surface area contributed by atoms with E-state index < -0.39 is 17.8 Å². The fourth-order valence-corrected chi connectivity index (χ4v) is 1.57. The summed E-state index contributed by atoms with van der Waals surface area (Å²) in [7, 11) is 2.80. The molecule has 1 rings (SSSR count). The van der Waals surface area contributed by atoms with Crippen molar-refractivity contribution in [1.29, 1.82) is 0 Å². The SMILES string of the molecule is COCCNC(=O)CC(=O)N/N=C/c1ccc(OCC(=O)OC)cc1. The average Bonchev–Trinajstić information content (AvgIpc) is 2.61. The van der Waals surface area contributed by atoms with Crippen molar-refractivity contribution in [3.05, 3.63) is 29.8 Å². The average molecular weight is 351 g/mol. The van der Waals surface area contributed by atoms with E-state index in [1.807, 2.05) is 0 Å². The Hall–Kier alpha value is -2.94. The number of esters is 1. The highest BCUT2D eigenvalue weighted by molar-refractivity contribution is 5.97. The first-order valence-corrected chi connectivity index (χ1v) is 7.42. The van der Waals surface area contributed by atoms with Crippen molar-refractivity contribution in [2.24, 2.45) is 5.10 Å². The minimum absolute atomic E-state index is 0.174. The topological polar surface area (TPSA) is 115 Å². The van der Waals surface area contributed by atoms with Crippen molar-refractivity contribution < 1.29 is 28.6 Å². The van der Waals surface area contributed by atoms with Crippen molar-refractivity contribution in [2.75, 3.05) is 34.0 Å². The van der Waals surface area contributed by atoms with Crippen LogP contribution in [0, 0.1) is 0 Å². The number of carbonyl (C=O) groups is 3. The minimum atomic E-state index is -0.524. The van der Waals surface area contributed by atoms with Crippen LogP contribution in [0.15, 0.2) is 29.4 Å². The Bertz CT molecular complexity index is 600. The molecule has 0 fully saturated rings. The van der Waals surface area contributed by atoms with Crippen molar-refractivity contribution in [3.63, 3.8) is 0 Å². The standard InChI is InChI=1S/C16H21N3O6/c1-23-8-7-17-14(20)9-15(21)19-18-10-12-3-5-13(6-4-12)25-11-16(22)24-2/h3-6,10H,7-9,11H2,1-2H3,(H,17,20)(H,19,21)/b18-10+. The van der Waals surface area contributed by atoms with Gasteiger partial charge in [0.2, 0.25) is 11.8 Å². The number of hydrogen-bond acceptors (Lipinski definition) is 7. The number of amides is 2. The number of ether oxygens (including phenoxy) is 3. The van der Waals surface area contributed by atoms with Crippen LogP contribution in [0.1, 0.15) is 12.0 Å². The van der Waals surface area contributed by atoms with E-state index in [1.54, 1.807) is 24.3 Å². The number of hydrazone groups is 1. The number of benzene rings is 1. The van der Waals surface area contributed by atoms with Gasteiger partial charge in [-0.1, -0.05) is 0 Å². The summed E-state index contributed by atoms with van der Waals surface area (Å²) < 4.78 is 14.4. The normalized spacial score (nSPS) is 10.3. The summed E-state index contributed by atoms with van der Waals surface area (Å²) in [6.45, 7) is 0.549. The number of carbonyl (C=O) groups excluding carboxylic acids is 3. The first kappa shape index (κ1) is 20.1. The van der Waals surface area contributed by atoms with Crippen LogP contribution in [0.3, 0.4) is 0 Å². The van der Waals surface area contributed by atoms with E-state index in [0.717, 1.165) is 0 Å². The lowest BCUT2D eigenvalue weighted by Gasteiger charge is -2.04. The summed E-state index contributed by atoms with van der Waals surface area (Å²) in [5, 5.41) is 6.29. The summed E-state index contributed by atoms with van der Waals surface area (Å²) in [5.41, 5.74) is 2.96. The summed E-state index contributed by atoms with van der Waals surface area (Å²) >= 11 is 0. The van der Waals surface area contributed by atoms with Gasteiger partial charge in [0.15, 0.2) is 6.61 Å². The van der Waals surface area contributed by atoms with Crippen LogP contribution in [0.25, 0.3) is 0 Å². The van der Waals surface area contributed by atoms with Crippen molar-refractivity contribution >= 4 is 24.0 Å². The van der Waals surface area contributed by atoms with E-state index in [2.05, 4.69) is 20.6 Å². The lowest BCUT2D eigenvalue weighted by Crippen LogP contribution is -2.31. The van der Waals surface area contributed by atoms with Gasteiger partial charge < -0.3 is 19.5 Å². The van der Waals surface area contributed by atoms with Crippen LogP contribution in [-0.4, -0.2) is 58.0 Å². The number of nitrogens with one attached hydrogen (secondary N) is 2. The molecule has 136 valence electrons. The number of rotatable bonds is 10. The van der Waals surface area contributed by atoms with E-state index in [-0.39, 0.29) is 13.0 Å². The highest BCUT2D eigenvalue weighted by Gasteiger charge is 2.07. The molecule has 0 unspecified atom stereocenters. The third-order valence-electron chi connectivity index (χ3n) is 2.82. The zero-order valence-electron chi connectivity index (χ0n) is 14.1. The maximum absolute atomic E-state index is 11.5. The molecule has 2 amide bonds. The first-order valence-electron chi connectivity index (χ1n) is 7.42. The maximum atomic E-state index is 11.5. The predicted octanol–water partition coefficient (Wildman–Crippen LogP) is -0.159. The molecule has 0 bridgehead atoms. The third kappa shape index (κ3) is 9.06. The number of methoxy groups -OCH3 is 2. The first-order chi connectivity index (χ1) is 12.0. The molecule has 9 heteroatoms. The van der Waals surface area contributed by atoms with E-state index in [4.69, 9.17) is 9.47 Å². The molecule has 0 aliphatic heterocycles. The van der Waals surface area contributed by atoms with Crippen LogP contribution >= 0.6 is 0 Å². The van der Waals surface area contributed by atoms with Gasteiger partial charge in [-0.15, -0.1) is 0 Å². The zero-order chi connectivity index (χ0) is 18.5. The van der Waals surface area contributed by atoms with E-state index in [0.29, 0.717) is 24.5 Å². The Morgan fingerprint density at radius 3 is 2.48 bits per heavy atom. The van der Waals surface area contributed by atoms with Gasteiger partial charge in [0.1, 0.15) is 12.2 Å². The molecule has 9 nitrogen and oxygen atoms in total. The summed E-state index contributed by atoms with van der Waals surface area (Å²) in [5.74, 6) is -0.903. The summed E-state index contributed by atoms with van der Waals surface area (Å²) in [6.07, 6.45) is 1.10. The second-order valence-corrected chi connectivity index (χ2v) is 4.75. The molecule has 2 N–H and O–H groups in total. The van der Waals surface area contributed by atoms with Gasteiger partial charge in [0.05, 0.1) is 19.9 Å². The quantitative estimate of drug-likeness (QED) is 0.199. The van der Waals surface area contributed by atoms with Crippen molar-refractivity contribution in [3.8, 4) is 5.75 Å². The number of hydrogen-bond donors (Lipinski definition) is 2. The lowest BCUT2D eigenvalue weighted by atomic mass is 10.2. The summed E-state index contributed by atoms with van der Waals surface area (Å²) in [4.78, 5) is 33.9. The fraction of sp³-hybridized carbons (Fsp3) is 0.375. The second-order valence-electron chi connectivity index (χ2n) is 4.75. The van der Waals surface area contributed by atoms with Gasteiger partial charge >= 0.3 is 5.97 Å². The van der Waals surface area contributed by atoms with Gasteiger partial charge in [0, 0.05) is 13.7 Å². The summed E-state index contributed by atoms with van der Waals surface area (Å²) in [6, 6.07) is 6.68. The highest BCUT2D eigenvalue weighted by atomic mass is 16.6. The van der Waals surface area contributed by atoms with E-state index in [9.17, 15) is 14.4 Å². The molecule has 0 aliphatic rings. The van der Waals surface area contributed by atoms with Gasteiger partial charge in [-0.3, -0.25) is 9.59 Å². The van der Waals surface area contributed by atoms with Crippen molar-refractivity contribution in [2.45, 2.75) is 6.42 Å². The molecule has 25 heavy (non-hydrogen) atoms. The number of nitrogens with zero attached hydrogens (tertiary/aromatic N) is 1. The Kier molecular flexibility index (Phi) is 9.31. The third-order valence-corrected chi connectivity index (χ3v) is 2.82. The maximum Gasteiger partial charge on any atom is 0.343 e. The molecule has 0 radical (unpaired) electrons. The van der Waals surface area contributed by atoms with Gasteiger partial charge in [0.25, 0.3) is 0 Å².